The van der Waals surface area contributed by atoms with Crippen molar-refractivity contribution in [3.63, 3.8) is 0 Å². The molecule has 117 valence electrons. The molecule has 24 heavy (non-hydrogen) atoms. The third-order valence-corrected chi connectivity index (χ3v) is 3.97. The number of amides is 2. The molecule has 0 bridgehead atoms. The minimum absolute atomic E-state index is 0. The van der Waals surface area contributed by atoms with Gasteiger partial charge in [-0.15, -0.1) is 0 Å². The molecule has 0 aromatic heterocycles. The van der Waals surface area contributed by atoms with Crippen molar-refractivity contribution in [3.8, 4) is 0 Å². The third-order valence-electron chi connectivity index (χ3n) is 3.97. The van der Waals surface area contributed by atoms with Gasteiger partial charge in [0.15, 0.2) is 0 Å². The smallest absolute Gasteiger partial charge is 0.267 e. The molecular formula is C19H18N2NaO2. The van der Waals surface area contributed by atoms with Gasteiger partial charge >= 0.3 is 0 Å². The van der Waals surface area contributed by atoms with Crippen molar-refractivity contribution in [3.05, 3.63) is 71.8 Å². The molecule has 0 unspecified atom stereocenters. The number of rotatable bonds is 3. The van der Waals surface area contributed by atoms with Crippen LogP contribution in [0.2, 0.25) is 0 Å². The van der Waals surface area contributed by atoms with E-state index in [1.165, 1.54) is 10.0 Å². The Kier molecular flexibility index (Phi) is 5.99. The summed E-state index contributed by atoms with van der Waals surface area (Å²) in [6, 6.07) is 18.5. The van der Waals surface area contributed by atoms with Crippen LogP contribution in [0.5, 0.6) is 0 Å². The van der Waals surface area contributed by atoms with Crippen molar-refractivity contribution < 1.29 is 9.59 Å². The molecule has 1 aliphatic rings. The van der Waals surface area contributed by atoms with Crippen LogP contribution in [0, 0.1) is 0 Å². The Morgan fingerprint density at radius 2 is 1.17 bits per heavy atom. The zero-order chi connectivity index (χ0) is 16.4. The first kappa shape index (κ1) is 18.5. The van der Waals surface area contributed by atoms with E-state index in [0.29, 0.717) is 17.8 Å². The van der Waals surface area contributed by atoms with Gasteiger partial charge in [-0.1, -0.05) is 48.9 Å². The second-order valence-corrected chi connectivity index (χ2v) is 5.41. The predicted molar refractivity (Wildman–Crippen MR) is 96.6 cm³/mol. The number of hydrazine groups is 1. The SMILES string of the molecule is CCC(C)=C1C(=O)N(c2ccccc2)N(c2ccccc2)C1=O.[Na]. The van der Waals surface area contributed by atoms with E-state index in [2.05, 4.69) is 0 Å². The zero-order valence-corrected chi connectivity index (χ0v) is 16.2. The summed E-state index contributed by atoms with van der Waals surface area (Å²) in [5.74, 6) is -0.547. The Morgan fingerprint density at radius 1 is 0.792 bits per heavy atom. The van der Waals surface area contributed by atoms with Gasteiger partial charge in [0.2, 0.25) is 0 Å². The summed E-state index contributed by atoms with van der Waals surface area (Å²) < 4.78 is 0. The van der Waals surface area contributed by atoms with E-state index in [-0.39, 0.29) is 46.9 Å². The van der Waals surface area contributed by atoms with E-state index in [0.717, 1.165) is 5.57 Å². The van der Waals surface area contributed by atoms with Crippen molar-refractivity contribution in [1.82, 2.24) is 0 Å². The molecule has 1 saturated heterocycles. The van der Waals surface area contributed by atoms with Gasteiger partial charge in [0.25, 0.3) is 11.8 Å². The Bertz CT molecular complexity index is 713. The number of anilines is 2. The summed E-state index contributed by atoms with van der Waals surface area (Å²) in [6.45, 7) is 3.78. The monoisotopic (exact) mass is 329 g/mol. The predicted octanol–water partition coefficient (Wildman–Crippen LogP) is 3.33. The number of carbonyl (C=O) groups is 2. The third kappa shape index (κ3) is 3.18. The van der Waals surface area contributed by atoms with Crippen LogP contribution >= 0.6 is 0 Å². The van der Waals surface area contributed by atoms with Gasteiger partial charge in [0.05, 0.1) is 11.4 Å². The van der Waals surface area contributed by atoms with Crippen LogP contribution in [0.15, 0.2) is 71.8 Å². The van der Waals surface area contributed by atoms with Crippen molar-refractivity contribution in [2.75, 3.05) is 10.0 Å². The topological polar surface area (TPSA) is 40.6 Å². The minimum Gasteiger partial charge on any atom is -0.267 e. The number of benzene rings is 2. The zero-order valence-electron chi connectivity index (χ0n) is 14.2. The molecule has 0 aliphatic carbocycles. The second-order valence-electron chi connectivity index (χ2n) is 5.41. The molecule has 4 nitrogen and oxygen atoms in total. The number of hydrogen-bond acceptors (Lipinski definition) is 2. The van der Waals surface area contributed by atoms with Crippen LogP contribution in [0.25, 0.3) is 0 Å². The van der Waals surface area contributed by atoms with Crippen LogP contribution in [-0.4, -0.2) is 41.4 Å². The van der Waals surface area contributed by atoms with Crippen molar-refractivity contribution in [1.29, 1.82) is 0 Å². The summed E-state index contributed by atoms with van der Waals surface area (Å²) in [4.78, 5) is 25.8. The maximum absolute atomic E-state index is 12.9. The van der Waals surface area contributed by atoms with Crippen molar-refractivity contribution in [2.24, 2.45) is 0 Å². The van der Waals surface area contributed by atoms with Gasteiger partial charge in [-0.2, -0.15) is 0 Å². The first-order valence-electron chi connectivity index (χ1n) is 7.63. The number of para-hydroxylation sites is 2. The molecule has 2 amide bonds. The Labute approximate surface area is 164 Å². The van der Waals surface area contributed by atoms with Crippen molar-refractivity contribution in [2.45, 2.75) is 20.3 Å². The molecule has 1 aliphatic heterocycles. The van der Waals surface area contributed by atoms with Crippen LogP contribution in [0.4, 0.5) is 11.4 Å². The number of carbonyl (C=O) groups excluding carboxylic acids is 2. The summed E-state index contributed by atoms with van der Waals surface area (Å²) in [5.41, 5.74) is 2.42. The molecule has 2 aromatic rings. The molecule has 1 fully saturated rings. The Hall–Kier alpha value is -1.88. The summed E-state index contributed by atoms with van der Waals surface area (Å²) >= 11 is 0. The van der Waals surface area contributed by atoms with Gasteiger partial charge < -0.3 is 0 Å². The fourth-order valence-electron chi connectivity index (χ4n) is 2.63. The van der Waals surface area contributed by atoms with E-state index in [1.807, 2.05) is 74.5 Å². The van der Waals surface area contributed by atoms with E-state index in [4.69, 9.17) is 0 Å². The normalized spacial score (nSPS) is 14.0. The molecule has 2 aromatic carbocycles. The van der Waals surface area contributed by atoms with Gasteiger partial charge in [-0.3, -0.25) is 9.59 Å². The molecule has 0 spiro atoms. The minimum atomic E-state index is -0.274. The Morgan fingerprint density at radius 3 is 1.50 bits per heavy atom. The molecule has 1 radical (unpaired) electrons. The van der Waals surface area contributed by atoms with E-state index < -0.39 is 0 Å². The van der Waals surface area contributed by atoms with Gasteiger partial charge in [-0.25, -0.2) is 10.0 Å². The number of allylic oxidation sites excluding steroid dienone is 1. The largest absolute Gasteiger partial charge is 0.283 e. The molecule has 1 heterocycles. The first-order chi connectivity index (χ1) is 11.1. The molecule has 3 rings (SSSR count). The molecule has 0 saturated carbocycles. The Balaban J connectivity index is 0.00000208. The average molecular weight is 329 g/mol. The first-order valence-corrected chi connectivity index (χ1v) is 7.63. The molecule has 0 atom stereocenters. The summed E-state index contributed by atoms with van der Waals surface area (Å²) in [7, 11) is 0. The number of nitrogens with zero attached hydrogens (tertiary/aromatic N) is 2. The molecule has 0 N–H and O–H groups in total. The van der Waals surface area contributed by atoms with Crippen LogP contribution < -0.4 is 10.0 Å². The number of hydrogen-bond donors (Lipinski definition) is 0. The quantitative estimate of drug-likeness (QED) is 0.492. The summed E-state index contributed by atoms with van der Waals surface area (Å²) in [6.07, 6.45) is 0.665. The van der Waals surface area contributed by atoms with E-state index >= 15 is 0 Å². The average Bonchev–Trinajstić information content (AvgIpc) is 2.86. The van der Waals surface area contributed by atoms with Gasteiger partial charge in [0.1, 0.15) is 5.57 Å². The van der Waals surface area contributed by atoms with Crippen molar-refractivity contribution >= 4 is 52.7 Å². The van der Waals surface area contributed by atoms with Gasteiger partial charge in [0, 0.05) is 29.6 Å². The fraction of sp³-hybridized carbons (Fsp3) is 0.158. The maximum atomic E-state index is 12.9. The van der Waals surface area contributed by atoms with Crippen LogP contribution in [0.3, 0.4) is 0 Å². The molecule has 5 heteroatoms. The van der Waals surface area contributed by atoms with Crippen LogP contribution in [0.1, 0.15) is 20.3 Å². The standard InChI is InChI=1S/C19H18N2O2.Na/c1-3-14(2)17-18(22)20(15-10-6-4-7-11-15)21(19(17)23)16-12-8-5-9-13-16;/h4-13H,3H2,1-2H3;. The molecular weight excluding hydrogens is 311 g/mol. The van der Waals surface area contributed by atoms with E-state index in [1.54, 1.807) is 0 Å². The maximum Gasteiger partial charge on any atom is 0.283 e. The van der Waals surface area contributed by atoms with E-state index in [9.17, 15) is 9.59 Å². The second kappa shape index (κ2) is 7.79. The van der Waals surface area contributed by atoms with Crippen LogP contribution in [-0.2, 0) is 9.59 Å². The summed E-state index contributed by atoms with van der Waals surface area (Å²) in [5, 5.41) is 2.90. The fourth-order valence-corrected chi connectivity index (χ4v) is 2.63. The van der Waals surface area contributed by atoms with Gasteiger partial charge in [-0.05, 0) is 37.6 Å².